The maximum Gasteiger partial charge on any atom is -0.147 e. The van der Waals surface area contributed by atoms with E-state index in [0.717, 1.165) is 34.2 Å². The maximum absolute atomic E-state index is 6.61. The Bertz CT molecular complexity index is 2720. The van der Waals surface area contributed by atoms with Gasteiger partial charge in [-0.05, 0) is 0 Å². The van der Waals surface area contributed by atoms with Gasteiger partial charge in [-0.3, -0.25) is 0 Å². The fraction of sp³-hybridized carbons (Fsp3) is 0.404. The molecule has 0 N–H and O–H groups in total. The average Bonchev–Trinajstić information content (AvgIpc) is 3.81. The zero-order valence-electron chi connectivity index (χ0n) is 37.8. The van der Waals surface area contributed by atoms with E-state index in [4.69, 9.17) is 23.2 Å². The molecule has 0 aromatic heterocycles. The van der Waals surface area contributed by atoms with Crippen molar-refractivity contribution in [3.63, 3.8) is 0 Å². The molecule has 0 spiro atoms. The van der Waals surface area contributed by atoms with E-state index >= 15 is 0 Å². The van der Waals surface area contributed by atoms with E-state index in [2.05, 4.69) is 148 Å². The molecule has 0 heterocycles. The molecular formula is C57H62Cl4Zr. The van der Waals surface area contributed by atoms with Crippen LogP contribution in [0.1, 0.15) is 145 Å². The fourth-order valence-electron chi connectivity index (χ4n) is 15.2. The second-order valence-electron chi connectivity index (χ2n) is 21.8. The zero-order valence-corrected chi connectivity index (χ0v) is 43.4. The maximum atomic E-state index is 6.61. The van der Waals surface area contributed by atoms with Crippen LogP contribution in [0, 0.1) is 29.1 Å². The Morgan fingerprint density at radius 1 is 0.645 bits per heavy atom. The Morgan fingerprint density at radius 2 is 1.15 bits per heavy atom. The second kappa shape index (κ2) is 15.6. The van der Waals surface area contributed by atoms with E-state index in [-0.39, 0.29) is 35.6 Å². The summed E-state index contributed by atoms with van der Waals surface area (Å²) in [5, 5.41) is 1.58. The zero-order chi connectivity index (χ0) is 41.7. The van der Waals surface area contributed by atoms with Crippen molar-refractivity contribution in [1.29, 1.82) is 0 Å². The molecule has 322 valence electrons. The van der Waals surface area contributed by atoms with Gasteiger partial charge in [0.25, 0.3) is 0 Å². The minimum atomic E-state index is -4.09. The van der Waals surface area contributed by atoms with Crippen molar-refractivity contribution in [3.8, 4) is 11.1 Å². The molecule has 0 aliphatic heterocycles. The van der Waals surface area contributed by atoms with E-state index < -0.39 is 19.3 Å². The minimum absolute atomic E-state index is 0. The van der Waals surface area contributed by atoms with Crippen molar-refractivity contribution in [3.05, 3.63) is 157 Å². The van der Waals surface area contributed by atoms with Crippen molar-refractivity contribution in [2.24, 2.45) is 29.1 Å². The van der Waals surface area contributed by atoms with E-state index in [1.54, 1.807) is 17.7 Å². The van der Waals surface area contributed by atoms with Crippen molar-refractivity contribution in [1.82, 2.24) is 0 Å². The normalized spacial score (nSPS) is 26.4. The molecule has 8 aliphatic carbocycles. The fourth-order valence-corrected chi connectivity index (χ4v) is 30.0. The van der Waals surface area contributed by atoms with Crippen LogP contribution in [0.3, 0.4) is 0 Å². The van der Waals surface area contributed by atoms with Crippen molar-refractivity contribution < 1.29 is 19.3 Å². The first-order chi connectivity index (χ1) is 28.5. The molecule has 0 radical (unpaired) electrons. The Hall–Kier alpha value is -2.38. The van der Waals surface area contributed by atoms with E-state index in [1.165, 1.54) is 112 Å². The molecule has 1 unspecified atom stereocenters. The summed E-state index contributed by atoms with van der Waals surface area (Å²) in [5.74, 6) is 3.25. The first kappa shape index (κ1) is 44.8. The third-order valence-electron chi connectivity index (χ3n) is 16.8. The SMILES string of the molecule is CC1=CC(C)(C)c2cc3c(cc21)-c1cc2c(cc1C3)C(C)(C)[C]([Zr](=[CH]c1ccc(Cl)cc1)(=[CH]c1ccc(Cl)cc1)[C]1=C(C)C(CC34CC5CC(CC(C5)C3)C4)=CC1C)=C2C.Cl.Cl. The van der Waals surface area contributed by atoms with E-state index in [0.29, 0.717) is 11.3 Å². The second-order valence-corrected chi connectivity index (χ2v) is 31.0. The minimum Gasteiger partial charge on any atom is -0.147 e. The number of rotatable bonds is 6. The van der Waals surface area contributed by atoms with Crippen molar-refractivity contribution >= 4 is 66.6 Å². The van der Waals surface area contributed by atoms with Gasteiger partial charge in [-0.25, -0.2) is 0 Å². The van der Waals surface area contributed by atoms with Crippen LogP contribution in [0.15, 0.2) is 103 Å². The van der Waals surface area contributed by atoms with Crippen molar-refractivity contribution in [2.45, 2.75) is 118 Å². The Kier molecular flexibility index (Phi) is 11.3. The van der Waals surface area contributed by atoms with Gasteiger partial charge in [-0.15, -0.1) is 24.8 Å². The topological polar surface area (TPSA) is 0 Å². The first-order valence-electron chi connectivity index (χ1n) is 22.9. The van der Waals surface area contributed by atoms with Gasteiger partial charge in [-0.1, -0.05) is 0 Å². The molecule has 0 saturated heterocycles. The van der Waals surface area contributed by atoms with Crippen LogP contribution >= 0.6 is 48.0 Å². The molecule has 0 nitrogen and oxygen atoms in total. The molecular weight excluding hydrogens is 918 g/mol. The summed E-state index contributed by atoms with van der Waals surface area (Å²) >= 11 is 9.13. The van der Waals surface area contributed by atoms with Crippen molar-refractivity contribution in [2.75, 3.05) is 0 Å². The number of allylic oxidation sites excluding steroid dienone is 8. The number of hydrogen-bond donors (Lipinski definition) is 0. The Labute approximate surface area is 397 Å². The summed E-state index contributed by atoms with van der Waals surface area (Å²) in [6.45, 7) is 19.7. The molecule has 4 aromatic rings. The quantitative estimate of drug-likeness (QED) is 0.159. The van der Waals surface area contributed by atoms with Gasteiger partial charge in [0.05, 0.1) is 0 Å². The van der Waals surface area contributed by atoms with Gasteiger partial charge in [0.1, 0.15) is 0 Å². The molecule has 62 heavy (non-hydrogen) atoms. The van der Waals surface area contributed by atoms with Gasteiger partial charge in [0.15, 0.2) is 0 Å². The summed E-state index contributed by atoms with van der Waals surface area (Å²) in [6.07, 6.45) is 16.3. The van der Waals surface area contributed by atoms with Gasteiger partial charge >= 0.3 is 376 Å². The Morgan fingerprint density at radius 3 is 1.68 bits per heavy atom. The summed E-state index contributed by atoms with van der Waals surface area (Å²) in [7, 11) is 0. The number of halogens is 4. The van der Waals surface area contributed by atoms with Crippen LogP contribution in [0.2, 0.25) is 10.0 Å². The van der Waals surface area contributed by atoms with Gasteiger partial charge < -0.3 is 0 Å². The molecule has 12 rings (SSSR count). The number of fused-ring (bicyclic) bond motifs is 5. The molecule has 0 amide bonds. The average molecular weight is 980 g/mol. The Balaban J connectivity index is 0.00000245. The van der Waals surface area contributed by atoms with Crippen LogP contribution in [0.4, 0.5) is 0 Å². The third kappa shape index (κ3) is 6.99. The molecule has 4 bridgehead atoms. The van der Waals surface area contributed by atoms with Gasteiger partial charge in [0.2, 0.25) is 0 Å². The van der Waals surface area contributed by atoms with E-state index in [1.807, 2.05) is 0 Å². The summed E-state index contributed by atoms with van der Waals surface area (Å²) in [5.41, 5.74) is 20.9. The molecule has 8 aliphatic rings. The number of hydrogen-bond acceptors (Lipinski definition) is 0. The predicted molar refractivity (Wildman–Crippen MR) is 270 cm³/mol. The first-order valence-corrected chi connectivity index (χ1v) is 29.0. The molecule has 4 fully saturated rings. The smallest absolute Gasteiger partial charge is 0.147 e. The van der Waals surface area contributed by atoms with Gasteiger partial charge in [-0.2, -0.15) is 0 Å². The van der Waals surface area contributed by atoms with Crippen LogP contribution in [0.25, 0.3) is 22.3 Å². The molecule has 1 atom stereocenters. The third-order valence-corrected chi connectivity index (χ3v) is 29.9. The summed E-state index contributed by atoms with van der Waals surface area (Å²) in [6, 6.07) is 27.8. The van der Waals surface area contributed by atoms with E-state index in [9.17, 15) is 0 Å². The monoisotopic (exact) mass is 976 g/mol. The largest absolute Gasteiger partial charge is 0.147 e. The summed E-state index contributed by atoms with van der Waals surface area (Å²) < 4.78 is 9.06. The molecule has 4 aromatic carbocycles. The standard InChI is InChI=1S/C25H25.C18H25.2C7H5Cl.2ClH.Zr/c1-14-12-24(3,4)22-8-16-7-17-9-23-19(15(2)13-25(23,5)6)11-21(17)20(16)10-18(14)22;1-12-3-13(2)17(4-12)11-18-8-14-5-15(9-18)7-16(6-14)10-18;2*1-6-2-4-7(8)5-3-6;;;/h8-12H,7H2,1-6H3;4,12,14-16H,5-11H2,1-2H3;2*1-5H;2*1H;. The predicted octanol–water partition coefficient (Wildman–Crippen LogP) is 16.4. The van der Waals surface area contributed by atoms with Gasteiger partial charge in [0, 0.05) is 0 Å². The molecule has 5 heteroatoms. The van der Waals surface area contributed by atoms with Crippen LogP contribution in [0.5, 0.6) is 0 Å². The molecule has 4 saturated carbocycles. The number of benzene rings is 4. The van der Waals surface area contributed by atoms with Crippen LogP contribution in [-0.4, -0.2) is 7.42 Å². The summed E-state index contributed by atoms with van der Waals surface area (Å²) in [4.78, 5) is 0. The van der Waals surface area contributed by atoms with Crippen LogP contribution < -0.4 is 0 Å². The van der Waals surface area contributed by atoms with Crippen LogP contribution in [-0.2, 0) is 36.5 Å².